The first-order valence-electron chi connectivity index (χ1n) is 14.8. The van der Waals surface area contributed by atoms with E-state index in [0.717, 1.165) is 6.42 Å². The van der Waals surface area contributed by atoms with Gasteiger partial charge in [0, 0.05) is 0 Å². The van der Waals surface area contributed by atoms with Crippen LogP contribution in [0.5, 0.6) is 0 Å². The summed E-state index contributed by atoms with van der Waals surface area (Å²) in [5.41, 5.74) is 11.0. The third-order valence-electron chi connectivity index (χ3n) is 9.87. The van der Waals surface area contributed by atoms with Gasteiger partial charge in [0.25, 0.3) is 0 Å². The molecule has 2 aliphatic carbocycles. The van der Waals surface area contributed by atoms with Crippen molar-refractivity contribution < 1.29 is 17.9 Å². The quantitative estimate of drug-likeness (QED) is 0.284. The van der Waals surface area contributed by atoms with Crippen LogP contribution in [0.3, 0.4) is 0 Å². The Kier molecular flexibility index (Phi) is 8.67. The fraction of sp³-hybridized carbons (Fsp3) is 0.444. The van der Waals surface area contributed by atoms with Gasteiger partial charge in [0.15, 0.2) is 0 Å². The molecule has 3 unspecified atom stereocenters. The van der Waals surface area contributed by atoms with Gasteiger partial charge in [-0.1, -0.05) is 0 Å². The number of aryl methyl sites for hydroxylation is 3. The van der Waals surface area contributed by atoms with Crippen molar-refractivity contribution in [1.29, 1.82) is 0 Å². The molecule has 0 heterocycles. The predicted octanol–water partition coefficient (Wildman–Crippen LogP) is 8.75. The third kappa shape index (κ3) is 5.44. The van der Waals surface area contributed by atoms with Crippen molar-refractivity contribution in [3.05, 3.63) is 104 Å². The molecule has 0 radical (unpaired) electrons. The number of hydrogen-bond donors (Lipinski definition) is 0. The van der Waals surface area contributed by atoms with E-state index in [9.17, 15) is 0 Å². The molecule has 3 atom stereocenters. The van der Waals surface area contributed by atoms with Gasteiger partial charge in [0.1, 0.15) is 0 Å². The first-order valence-corrected chi connectivity index (χ1v) is 23.7. The maximum atomic E-state index is 2.66. The molecule has 0 aliphatic heterocycles. The predicted molar refractivity (Wildman–Crippen MR) is 177 cm³/mol. The molecule has 2 aromatic rings. The first kappa shape index (κ1) is 30.5. The van der Waals surface area contributed by atoms with Gasteiger partial charge in [-0.15, -0.1) is 0 Å². The summed E-state index contributed by atoms with van der Waals surface area (Å²) < 4.78 is 1.89. The van der Waals surface area contributed by atoms with E-state index >= 15 is 0 Å². The molecule has 4 rings (SSSR count). The molecule has 0 fully saturated rings. The maximum absolute atomic E-state index is 2.66. The fourth-order valence-corrected chi connectivity index (χ4v) is 17.9. The second-order valence-electron chi connectivity index (χ2n) is 14.1. The van der Waals surface area contributed by atoms with E-state index in [-0.39, 0.29) is 10.5 Å². The summed E-state index contributed by atoms with van der Waals surface area (Å²) in [7, 11) is -2.19. The van der Waals surface area contributed by atoms with Gasteiger partial charge < -0.3 is 0 Å². The van der Waals surface area contributed by atoms with E-state index in [0.29, 0.717) is 5.92 Å². The summed E-state index contributed by atoms with van der Waals surface area (Å²) in [6.45, 7) is 24.6. The zero-order chi connectivity index (χ0) is 28.9. The summed E-state index contributed by atoms with van der Waals surface area (Å²) in [4.78, 5) is 0. The van der Waals surface area contributed by atoms with Crippen molar-refractivity contribution in [2.75, 3.05) is 0 Å². The Balaban J connectivity index is 2.13. The Labute approximate surface area is 249 Å². The molecule has 0 aromatic heterocycles. The van der Waals surface area contributed by atoms with Crippen molar-refractivity contribution in [1.82, 2.24) is 0 Å². The molecule has 3 heteroatoms. The summed E-state index contributed by atoms with van der Waals surface area (Å²) in [5.74, 6) is 0.430. The first-order chi connectivity index (χ1) is 18.1. The van der Waals surface area contributed by atoms with Crippen LogP contribution in [0, 0.1) is 26.2 Å². The second kappa shape index (κ2) is 11.1. The summed E-state index contributed by atoms with van der Waals surface area (Å²) in [5, 5.41) is 8.66. The minimum absolute atomic E-state index is 0.0647. The molecule has 0 amide bonds. The van der Waals surface area contributed by atoms with Crippen molar-refractivity contribution in [3.63, 3.8) is 0 Å². The van der Waals surface area contributed by atoms with Crippen molar-refractivity contribution >= 4 is 28.0 Å². The van der Waals surface area contributed by atoms with Crippen molar-refractivity contribution in [2.45, 2.75) is 95.9 Å². The summed E-state index contributed by atoms with van der Waals surface area (Å²) in [6, 6.07) is 14.7. The Morgan fingerprint density at radius 1 is 0.872 bits per heavy atom. The number of allylic oxidation sites excluding steroid dienone is 8. The Bertz CT molecular complexity index is 1380. The van der Waals surface area contributed by atoms with E-state index in [2.05, 4.69) is 139 Å². The van der Waals surface area contributed by atoms with E-state index in [1.807, 2.05) is 3.88 Å². The van der Waals surface area contributed by atoms with E-state index < -0.39 is 35.5 Å². The zero-order valence-electron chi connectivity index (χ0n) is 26.8. The summed E-state index contributed by atoms with van der Waals surface area (Å²) >= 11 is -1.47. The molecule has 0 saturated carbocycles. The monoisotopic (exact) mass is 587 g/mol. The minimum atomic E-state index is -1.47. The number of rotatable bonds is 7. The second-order valence-corrected chi connectivity index (χ2v) is 25.4. The van der Waals surface area contributed by atoms with Crippen LogP contribution >= 0.6 is 0 Å². The average molecular weight is 588 g/mol. The van der Waals surface area contributed by atoms with Crippen LogP contribution in [0.4, 0.5) is 0 Å². The third-order valence-corrected chi connectivity index (χ3v) is 17.9. The van der Waals surface area contributed by atoms with Gasteiger partial charge in [-0.05, 0) is 0 Å². The molecular formula is C36H51Si2Ti. The van der Waals surface area contributed by atoms with Crippen LogP contribution < -0.4 is 10.4 Å². The molecule has 0 bridgehead atoms. The van der Waals surface area contributed by atoms with Crippen LogP contribution in [0.25, 0.3) is 0 Å². The van der Waals surface area contributed by atoms with Gasteiger partial charge in [0.05, 0.1) is 0 Å². The van der Waals surface area contributed by atoms with E-state index in [1.54, 1.807) is 32.7 Å². The molecule has 2 aromatic carbocycles. The van der Waals surface area contributed by atoms with Gasteiger partial charge in [0.2, 0.25) is 0 Å². The van der Waals surface area contributed by atoms with Crippen LogP contribution in [0.2, 0.25) is 35.1 Å². The van der Waals surface area contributed by atoms with Gasteiger partial charge in [-0.3, -0.25) is 0 Å². The Morgan fingerprint density at radius 2 is 1.51 bits per heavy atom. The number of benzene rings is 2. The zero-order valence-corrected chi connectivity index (χ0v) is 30.7. The topological polar surface area (TPSA) is 0 Å². The molecular weight excluding hydrogens is 536 g/mol. The molecule has 0 nitrogen and oxygen atoms in total. The van der Waals surface area contributed by atoms with Crippen molar-refractivity contribution in [3.8, 4) is 0 Å². The Hall–Kier alpha value is -1.45. The van der Waals surface area contributed by atoms with Crippen LogP contribution in [0.1, 0.15) is 62.3 Å². The van der Waals surface area contributed by atoms with E-state index in [4.69, 9.17) is 0 Å². The van der Waals surface area contributed by atoms with Crippen LogP contribution in [-0.4, -0.2) is 17.6 Å². The average Bonchev–Trinajstić information content (AvgIpc) is 3.01. The van der Waals surface area contributed by atoms with Gasteiger partial charge in [-0.25, -0.2) is 0 Å². The standard InChI is InChI=1S/C34H45Si2.2CH3.Ti/c1-23-19-29(21-30(20-23)36(8,9)10)35-34(22-26(4)27(5)28(34)6)32(33(7)17-12-11-13-18-33)31-24(2)15-14-16-25(31)3;;;/h11-17,19-21,32H,18,35H2,1-10H3;2*1H3;. The SMILES string of the molecule is CC1=C(C)C([SiH2]c2cc(C)cc([Si](C)(C)C)c2)(C(c2c(C)cccc2C)C2(C)C=CC=CC2)[C]([Ti]([CH3])[CH3])=C1C. The van der Waals surface area contributed by atoms with Crippen LogP contribution in [-0.2, 0) is 17.9 Å². The Morgan fingerprint density at radius 3 is 2.05 bits per heavy atom. The normalized spacial score (nSPS) is 24.4. The van der Waals surface area contributed by atoms with Crippen LogP contribution in [0.15, 0.2) is 81.3 Å². The molecule has 2 aliphatic rings. The van der Waals surface area contributed by atoms with E-state index in [1.165, 1.54) is 16.7 Å². The molecule has 207 valence electrons. The molecule has 0 saturated heterocycles. The van der Waals surface area contributed by atoms with Gasteiger partial charge >= 0.3 is 251 Å². The fourth-order valence-electron chi connectivity index (χ4n) is 7.93. The van der Waals surface area contributed by atoms with Gasteiger partial charge in [-0.2, -0.15) is 0 Å². The molecule has 39 heavy (non-hydrogen) atoms. The van der Waals surface area contributed by atoms with Crippen molar-refractivity contribution in [2.24, 2.45) is 5.41 Å². The number of hydrogen-bond acceptors (Lipinski definition) is 0. The molecule has 0 N–H and O–H groups in total. The summed E-state index contributed by atoms with van der Waals surface area (Å²) in [6.07, 6.45) is 10.7. The molecule has 0 spiro atoms.